The molecule has 0 aromatic heterocycles. The molecule has 0 radical (unpaired) electrons. The number of hydrogen-bond donors (Lipinski definition) is 1. The summed E-state index contributed by atoms with van der Waals surface area (Å²) in [5.74, 6) is -0.592. The molecule has 0 saturated carbocycles. The SMILES string of the molecule is COc1ccc(NC(=O)C=CC(=O)N2CCN(c3cccc(C)c3C)CC2)c([N+](=O)[O-])c1. The summed E-state index contributed by atoms with van der Waals surface area (Å²) < 4.78 is 4.97. The van der Waals surface area contributed by atoms with Crippen LogP contribution in [0.5, 0.6) is 5.75 Å². The molecule has 1 fully saturated rings. The molecule has 0 atom stereocenters. The Labute approximate surface area is 186 Å². The number of carbonyl (C=O) groups excluding carboxylic acids is 2. The van der Waals surface area contributed by atoms with Gasteiger partial charge in [-0.15, -0.1) is 0 Å². The van der Waals surface area contributed by atoms with Crippen LogP contribution < -0.4 is 15.0 Å². The number of aryl methyl sites for hydroxylation is 1. The molecule has 1 N–H and O–H groups in total. The lowest BCUT2D eigenvalue weighted by atomic mass is 10.1. The monoisotopic (exact) mass is 438 g/mol. The molecule has 9 nitrogen and oxygen atoms in total. The zero-order valence-corrected chi connectivity index (χ0v) is 18.3. The molecule has 2 aromatic carbocycles. The second kappa shape index (κ2) is 9.95. The maximum absolute atomic E-state index is 12.5. The van der Waals surface area contributed by atoms with Crippen molar-refractivity contribution in [2.24, 2.45) is 0 Å². The van der Waals surface area contributed by atoms with Crippen LogP contribution in [0.2, 0.25) is 0 Å². The lowest BCUT2D eigenvalue weighted by Gasteiger charge is -2.36. The topological polar surface area (TPSA) is 105 Å². The van der Waals surface area contributed by atoms with Gasteiger partial charge in [0.25, 0.3) is 5.69 Å². The van der Waals surface area contributed by atoms with E-state index in [0.29, 0.717) is 31.9 Å². The average molecular weight is 438 g/mol. The molecule has 9 heteroatoms. The third kappa shape index (κ3) is 5.23. The Morgan fingerprint density at radius 2 is 1.81 bits per heavy atom. The number of methoxy groups -OCH3 is 1. The number of nitrogens with zero attached hydrogens (tertiary/aromatic N) is 3. The van der Waals surface area contributed by atoms with Crippen LogP contribution in [0.15, 0.2) is 48.6 Å². The normalized spacial score (nSPS) is 13.8. The second-order valence-electron chi connectivity index (χ2n) is 7.49. The highest BCUT2D eigenvalue weighted by Crippen LogP contribution is 2.29. The highest BCUT2D eigenvalue weighted by Gasteiger charge is 2.21. The molecule has 3 rings (SSSR count). The summed E-state index contributed by atoms with van der Waals surface area (Å²) >= 11 is 0. The fraction of sp³-hybridized carbons (Fsp3) is 0.304. The maximum atomic E-state index is 12.5. The molecule has 0 bridgehead atoms. The van der Waals surface area contributed by atoms with E-state index in [-0.39, 0.29) is 17.3 Å². The third-order valence-corrected chi connectivity index (χ3v) is 5.54. The quantitative estimate of drug-likeness (QED) is 0.422. The van der Waals surface area contributed by atoms with Crippen molar-refractivity contribution >= 4 is 28.9 Å². The van der Waals surface area contributed by atoms with Crippen molar-refractivity contribution in [2.45, 2.75) is 13.8 Å². The lowest BCUT2D eigenvalue weighted by molar-refractivity contribution is -0.384. The molecular weight excluding hydrogens is 412 g/mol. The van der Waals surface area contributed by atoms with Crippen molar-refractivity contribution in [1.29, 1.82) is 0 Å². The molecule has 32 heavy (non-hydrogen) atoms. The van der Waals surface area contributed by atoms with Gasteiger partial charge in [0.2, 0.25) is 11.8 Å². The summed E-state index contributed by atoms with van der Waals surface area (Å²) in [5, 5.41) is 13.7. The molecule has 1 heterocycles. The van der Waals surface area contributed by atoms with Crippen LogP contribution in [-0.2, 0) is 9.59 Å². The van der Waals surface area contributed by atoms with E-state index in [4.69, 9.17) is 4.74 Å². The van der Waals surface area contributed by atoms with E-state index in [9.17, 15) is 19.7 Å². The minimum absolute atomic E-state index is 0.0278. The van der Waals surface area contributed by atoms with E-state index in [2.05, 4.69) is 36.2 Å². The number of benzene rings is 2. The van der Waals surface area contributed by atoms with E-state index < -0.39 is 10.8 Å². The first-order valence-electron chi connectivity index (χ1n) is 10.2. The van der Waals surface area contributed by atoms with Crippen molar-refractivity contribution in [2.75, 3.05) is 43.5 Å². The number of nitrogens with one attached hydrogen (secondary N) is 1. The maximum Gasteiger partial charge on any atom is 0.296 e. The molecule has 2 amide bonds. The van der Waals surface area contributed by atoms with Crippen LogP contribution in [0, 0.1) is 24.0 Å². The Bertz CT molecular complexity index is 1060. The Kier molecular flexibility index (Phi) is 7.09. The number of amides is 2. The van der Waals surface area contributed by atoms with Crippen molar-refractivity contribution in [1.82, 2.24) is 4.90 Å². The fourth-order valence-electron chi connectivity index (χ4n) is 3.57. The van der Waals surface area contributed by atoms with Crippen molar-refractivity contribution in [3.8, 4) is 5.75 Å². The zero-order valence-electron chi connectivity index (χ0n) is 18.3. The third-order valence-electron chi connectivity index (χ3n) is 5.54. The summed E-state index contributed by atoms with van der Waals surface area (Å²) in [4.78, 5) is 39.3. The Morgan fingerprint density at radius 3 is 2.47 bits per heavy atom. The number of hydrogen-bond acceptors (Lipinski definition) is 6. The molecular formula is C23H26N4O5. The molecule has 1 saturated heterocycles. The Hall–Kier alpha value is -3.88. The summed E-state index contributed by atoms with van der Waals surface area (Å²) in [6.07, 6.45) is 2.28. The van der Waals surface area contributed by atoms with E-state index >= 15 is 0 Å². The van der Waals surface area contributed by atoms with Gasteiger partial charge in [-0.3, -0.25) is 19.7 Å². The standard InChI is InChI=1S/C23H26N4O5/c1-16-5-4-6-20(17(16)2)25-11-13-26(14-12-25)23(29)10-9-22(28)24-19-8-7-18(32-3)15-21(19)27(30)31/h4-10,15H,11-14H2,1-3H3,(H,24,28). The van der Waals surface area contributed by atoms with E-state index in [0.717, 1.165) is 6.08 Å². The van der Waals surface area contributed by atoms with Gasteiger partial charge in [-0.1, -0.05) is 12.1 Å². The van der Waals surface area contributed by atoms with Gasteiger partial charge in [-0.25, -0.2) is 0 Å². The number of nitro groups is 1. The molecule has 1 aliphatic rings. The fourth-order valence-corrected chi connectivity index (χ4v) is 3.57. The molecule has 2 aromatic rings. The molecule has 168 valence electrons. The first-order chi connectivity index (χ1) is 15.3. The van der Waals surface area contributed by atoms with Crippen LogP contribution in [0.1, 0.15) is 11.1 Å². The largest absolute Gasteiger partial charge is 0.496 e. The minimum Gasteiger partial charge on any atom is -0.496 e. The van der Waals surface area contributed by atoms with Gasteiger partial charge < -0.3 is 19.9 Å². The van der Waals surface area contributed by atoms with Crippen LogP contribution in [-0.4, -0.2) is 54.9 Å². The molecule has 0 aliphatic carbocycles. The van der Waals surface area contributed by atoms with Crippen LogP contribution in [0.4, 0.5) is 17.1 Å². The van der Waals surface area contributed by atoms with Crippen LogP contribution in [0.3, 0.4) is 0 Å². The predicted octanol–water partition coefficient (Wildman–Crippen LogP) is 3.06. The minimum atomic E-state index is -0.624. The summed E-state index contributed by atoms with van der Waals surface area (Å²) in [7, 11) is 1.40. The van der Waals surface area contributed by atoms with Gasteiger partial charge in [0, 0.05) is 44.0 Å². The molecule has 0 spiro atoms. The van der Waals surface area contributed by atoms with Crippen molar-refractivity contribution < 1.29 is 19.2 Å². The summed E-state index contributed by atoms with van der Waals surface area (Å²) in [6, 6.07) is 10.3. The smallest absolute Gasteiger partial charge is 0.296 e. The molecule has 0 unspecified atom stereocenters. The number of rotatable bonds is 6. The van der Waals surface area contributed by atoms with Gasteiger partial charge in [0.05, 0.1) is 18.1 Å². The van der Waals surface area contributed by atoms with E-state index in [1.807, 2.05) is 6.07 Å². The van der Waals surface area contributed by atoms with Gasteiger partial charge in [0.15, 0.2) is 0 Å². The van der Waals surface area contributed by atoms with Gasteiger partial charge in [-0.05, 0) is 43.2 Å². The summed E-state index contributed by atoms with van der Waals surface area (Å²) in [5.41, 5.74) is 3.37. The van der Waals surface area contributed by atoms with E-state index in [1.54, 1.807) is 4.90 Å². The van der Waals surface area contributed by atoms with Gasteiger partial charge in [-0.2, -0.15) is 0 Å². The Morgan fingerprint density at radius 1 is 1.09 bits per heavy atom. The number of nitro benzene ring substituents is 1. The zero-order chi connectivity index (χ0) is 23.3. The predicted molar refractivity (Wildman–Crippen MR) is 122 cm³/mol. The number of carbonyl (C=O) groups is 2. The highest BCUT2D eigenvalue weighted by molar-refractivity contribution is 6.04. The Balaban J connectivity index is 1.57. The molecule has 1 aliphatic heterocycles. The van der Waals surface area contributed by atoms with E-state index in [1.165, 1.54) is 48.2 Å². The van der Waals surface area contributed by atoms with Crippen molar-refractivity contribution in [3.63, 3.8) is 0 Å². The number of ether oxygens (including phenoxy) is 1. The average Bonchev–Trinajstić information content (AvgIpc) is 2.79. The van der Waals surface area contributed by atoms with Crippen molar-refractivity contribution in [3.05, 3.63) is 69.8 Å². The highest BCUT2D eigenvalue weighted by atomic mass is 16.6. The second-order valence-corrected chi connectivity index (χ2v) is 7.49. The number of piperazine rings is 1. The van der Waals surface area contributed by atoms with Gasteiger partial charge in [0.1, 0.15) is 11.4 Å². The van der Waals surface area contributed by atoms with Gasteiger partial charge >= 0.3 is 0 Å². The van der Waals surface area contributed by atoms with Crippen LogP contribution >= 0.6 is 0 Å². The van der Waals surface area contributed by atoms with Crippen LogP contribution in [0.25, 0.3) is 0 Å². The first-order valence-corrected chi connectivity index (χ1v) is 10.2. The number of anilines is 2. The first kappa shape index (κ1) is 22.8. The summed E-state index contributed by atoms with van der Waals surface area (Å²) in [6.45, 7) is 6.66. The lowest BCUT2D eigenvalue weighted by Crippen LogP contribution is -2.48.